The number of thiocarbonyl (C=S) groups is 1. The van der Waals surface area contributed by atoms with Crippen molar-refractivity contribution < 1.29 is 13.9 Å². The zero-order chi connectivity index (χ0) is 19.2. The highest BCUT2D eigenvalue weighted by molar-refractivity contribution is 7.80. The zero-order valence-corrected chi connectivity index (χ0v) is 16.4. The van der Waals surface area contributed by atoms with Gasteiger partial charge in [-0.3, -0.25) is 0 Å². The maximum atomic E-state index is 13.0. The van der Waals surface area contributed by atoms with Crippen molar-refractivity contribution in [2.24, 2.45) is 0 Å². The van der Waals surface area contributed by atoms with Gasteiger partial charge in [0.25, 0.3) is 0 Å². The van der Waals surface area contributed by atoms with Crippen LogP contribution in [0.1, 0.15) is 20.8 Å². The molecule has 0 aliphatic carbocycles. The number of hydrogen-bond donors (Lipinski definition) is 3. The lowest BCUT2D eigenvalue weighted by molar-refractivity contribution is 0.0529. The first-order chi connectivity index (χ1) is 12.2. The number of thiazole rings is 1. The van der Waals surface area contributed by atoms with Gasteiger partial charge in [-0.05, 0) is 57.3 Å². The molecule has 0 unspecified atom stereocenters. The molecular formula is C17H21FN4O2S2. The Morgan fingerprint density at radius 3 is 2.54 bits per heavy atom. The van der Waals surface area contributed by atoms with Crippen LogP contribution in [0.4, 0.5) is 14.3 Å². The predicted octanol–water partition coefficient (Wildman–Crippen LogP) is 3.76. The standard InChI is InChI=1S/C17H21FN4O2S2/c1-17(2,3)24-16(23)20-9-8-19-14(25)22-15-21-13(10-26-15)11-4-6-12(18)7-5-11/h4-7,10H,8-9H2,1-3H3,(H,20,23)(H2,19,21,22,25). The highest BCUT2D eigenvalue weighted by atomic mass is 32.1. The fourth-order valence-corrected chi connectivity index (χ4v) is 2.87. The van der Waals surface area contributed by atoms with E-state index in [2.05, 4.69) is 20.9 Å². The van der Waals surface area contributed by atoms with Crippen molar-refractivity contribution in [2.75, 3.05) is 18.4 Å². The molecule has 0 saturated heterocycles. The van der Waals surface area contributed by atoms with E-state index in [4.69, 9.17) is 17.0 Å². The molecule has 0 atom stereocenters. The van der Waals surface area contributed by atoms with E-state index in [1.54, 1.807) is 32.9 Å². The molecule has 0 bridgehead atoms. The fourth-order valence-electron chi connectivity index (χ4n) is 1.88. The van der Waals surface area contributed by atoms with Crippen molar-refractivity contribution >= 4 is 39.9 Å². The Kier molecular flexibility index (Phi) is 6.87. The van der Waals surface area contributed by atoms with Gasteiger partial charge in [-0.15, -0.1) is 11.3 Å². The molecule has 0 spiro atoms. The fraction of sp³-hybridized carbons (Fsp3) is 0.353. The van der Waals surface area contributed by atoms with Crippen molar-refractivity contribution in [3.63, 3.8) is 0 Å². The Morgan fingerprint density at radius 1 is 1.23 bits per heavy atom. The molecule has 0 radical (unpaired) electrons. The smallest absolute Gasteiger partial charge is 0.407 e. The molecule has 26 heavy (non-hydrogen) atoms. The molecule has 0 aliphatic rings. The number of nitrogens with one attached hydrogen (secondary N) is 3. The van der Waals surface area contributed by atoms with E-state index in [0.717, 1.165) is 11.3 Å². The van der Waals surface area contributed by atoms with Crippen LogP contribution in [0.25, 0.3) is 11.3 Å². The van der Waals surface area contributed by atoms with Gasteiger partial charge in [0.15, 0.2) is 10.2 Å². The number of hydrogen-bond acceptors (Lipinski definition) is 5. The minimum Gasteiger partial charge on any atom is -0.444 e. The quantitative estimate of drug-likeness (QED) is 0.528. The second-order valence-corrected chi connectivity index (χ2v) is 7.62. The maximum absolute atomic E-state index is 13.0. The van der Waals surface area contributed by atoms with Crippen molar-refractivity contribution in [1.29, 1.82) is 0 Å². The SMILES string of the molecule is CC(C)(C)OC(=O)NCCNC(=S)Nc1nc(-c2ccc(F)cc2)cs1. The molecule has 3 N–H and O–H groups in total. The van der Waals surface area contributed by atoms with E-state index in [1.807, 2.05) is 5.38 Å². The third kappa shape index (κ3) is 6.93. The number of nitrogens with zero attached hydrogens (tertiary/aromatic N) is 1. The second-order valence-electron chi connectivity index (χ2n) is 6.35. The van der Waals surface area contributed by atoms with Crippen molar-refractivity contribution in [1.82, 2.24) is 15.6 Å². The Bertz CT molecular complexity index is 757. The van der Waals surface area contributed by atoms with Crippen LogP contribution in [0.2, 0.25) is 0 Å². The maximum Gasteiger partial charge on any atom is 0.407 e. The number of rotatable bonds is 5. The minimum absolute atomic E-state index is 0.285. The lowest BCUT2D eigenvalue weighted by Crippen LogP contribution is -2.39. The molecule has 9 heteroatoms. The molecule has 1 amide bonds. The van der Waals surface area contributed by atoms with E-state index < -0.39 is 11.7 Å². The number of anilines is 1. The second kappa shape index (κ2) is 8.91. The van der Waals surface area contributed by atoms with Crippen LogP contribution in [0.5, 0.6) is 0 Å². The van der Waals surface area contributed by atoms with E-state index in [-0.39, 0.29) is 5.82 Å². The van der Waals surface area contributed by atoms with Crippen LogP contribution in [0.3, 0.4) is 0 Å². The molecule has 0 saturated carbocycles. The molecule has 6 nitrogen and oxygen atoms in total. The number of ether oxygens (including phenoxy) is 1. The summed E-state index contributed by atoms with van der Waals surface area (Å²) in [5.41, 5.74) is 1.05. The van der Waals surface area contributed by atoms with Crippen LogP contribution in [-0.4, -0.2) is 34.9 Å². The third-order valence-electron chi connectivity index (χ3n) is 2.94. The number of carbonyl (C=O) groups is 1. The summed E-state index contributed by atoms with van der Waals surface area (Å²) >= 11 is 6.59. The average Bonchev–Trinajstić information content (AvgIpc) is 2.99. The van der Waals surface area contributed by atoms with Gasteiger partial charge < -0.3 is 20.7 Å². The first-order valence-electron chi connectivity index (χ1n) is 7.96. The van der Waals surface area contributed by atoms with Crippen molar-refractivity contribution in [3.05, 3.63) is 35.5 Å². The van der Waals surface area contributed by atoms with Crippen LogP contribution >= 0.6 is 23.6 Å². The molecule has 0 fully saturated rings. The molecule has 1 aromatic carbocycles. The molecule has 2 rings (SSSR count). The summed E-state index contributed by atoms with van der Waals surface area (Å²) in [6, 6.07) is 6.14. The topological polar surface area (TPSA) is 75.3 Å². The number of amides is 1. The number of alkyl carbamates (subject to hydrolysis) is 1. The molecule has 140 valence electrons. The van der Waals surface area contributed by atoms with Gasteiger partial charge >= 0.3 is 6.09 Å². The first kappa shape index (κ1) is 20.1. The Balaban J connectivity index is 1.73. The predicted molar refractivity (Wildman–Crippen MR) is 106 cm³/mol. The van der Waals surface area contributed by atoms with Crippen molar-refractivity contribution in [2.45, 2.75) is 26.4 Å². The summed E-state index contributed by atoms with van der Waals surface area (Å²) in [5.74, 6) is -0.285. The molecule has 1 heterocycles. The molecule has 0 aliphatic heterocycles. The zero-order valence-electron chi connectivity index (χ0n) is 14.8. The largest absolute Gasteiger partial charge is 0.444 e. The Labute approximate surface area is 161 Å². The minimum atomic E-state index is -0.526. The molecular weight excluding hydrogens is 375 g/mol. The van der Waals surface area contributed by atoms with Crippen LogP contribution in [0.15, 0.2) is 29.6 Å². The van der Waals surface area contributed by atoms with Gasteiger partial charge in [-0.1, -0.05) is 0 Å². The van der Waals surface area contributed by atoms with Gasteiger partial charge in [0.05, 0.1) is 5.69 Å². The summed E-state index contributed by atoms with van der Waals surface area (Å²) < 4.78 is 18.1. The average molecular weight is 397 g/mol. The lowest BCUT2D eigenvalue weighted by Gasteiger charge is -2.19. The summed E-state index contributed by atoms with van der Waals surface area (Å²) in [6.07, 6.45) is -0.470. The van der Waals surface area contributed by atoms with E-state index in [0.29, 0.717) is 23.3 Å². The highest BCUT2D eigenvalue weighted by Gasteiger charge is 2.15. The summed E-state index contributed by atoms with van der Waals surface area (Å²) in [4.78, 5) is 15.9. The number of halogens is 1. The van der Waals surface area contributed by atoms with Crippen LogP contribution in [-0.2, 0) is 4.74 Å². The van der Waals surface area contributed by atoms with Gasteiger partial charge in [0.2, 0.25) is 0 Å². The Hall–Kier alpha value is -2.26. The van der Waals surface area contributed by atoms with Gasteiger partial charge in [0.1, 0.15) is 11.4 Å². The van der Waals surface area contributed by atoms with E-state index in [9.17, 15) is 9.18 Å². The van der Waals surface area contributed by atoms with Gasteiger partial charge in [0, 0.05) is 24.0 Å². The van der Waals surface area contributed by atoms with Crippen LogP contribution in [0, 0.1) is 5.82 Å². The number of carbonyl (C=O) groups excluding carboxylic acids is 1. The van der Waals surface area contributed by atoms with Gasteiger partial charge in [-0.25, -0.2) is 14.2 Å². The highest BCUT2D eigenvalue weighted by Crippen LogP contribution is 2.24. The van der Waals surface area contributed by atoms with E-state index >= 15 is 0 Å². The van der Waals surface area contributed by atoms with Gasteiger partial charge in [-0.2, -0.15) is 0 Å². The normalized spacial score (nSPS) is 10.9. The lowest BCUT2D eigenvalue weighted by atomic mass is 10.2. The third-order valence-corrected chi connectivity index (χ3v) is 3.95. The molecule has 1 aromatic heterocycles. The number of aromatic nitrogens is 1. The van der Waals surface area contributed by atoms with Crippen molar-refractivity contribution in [3.8, 4) is 11.3 Å². The Morgan fingerprint density at radius 2 is 1.88 bits per heavy atom. The summed E-state index contributed by atoms with van der Waals surface area (Å²) in [6.45, 7) is 6.23. The summed E-state index contributed by atoms with van der Waals surface area (Å²) in [5, 5.41) is 11.5. The van der Waals surface area contributed by atoms with Crippen LogP contribution < -0.4 is 16.0 Å². The van der Waals surface area contributed by atoms with E-state index in [1.165, 1.54) is 23.5 Å². The molecule has 2 aromatic rings. The number of benzene rings is 1. The summed E-state index contributed by atoms with van der Waals surface area (Å²) in [7, 11) is 0. The first-order valence-corrected chi connectivity index (χ1v) is 9.25. The monoisotopic (exact) mass is 396 g/mol.